The molecule has 3 aromatic rings. The number of benzene rings is 3. The smallest absolute Gasteiger partial charge is 0.397 e. The molecule has 2 heterocycles. The third-order valence-corrected chi connectivity index (χ3v) is 8.98. The second-order valence-electron chi connectivity index (χ2n) is 11.8. The largest absolute Gasteiger partial charge is 0.453 e. The predicted molar refractivity (Wildman–Crippen MR) is 174 cm³/mol. The molecule has 18 heteroatoms. The van der Waals surface area contributed by atoms with E-state index >= 15 is 0 Å². The van der Waals surface area contributed by atoms with Crippen molar-refractivity contribution in [2.24, 2.45) is 0 Å². The third kappa shape index (κ3) is 10.8. The van der Waals surface area contributed by atoms with Crippen molar-refractivity contribution < 1.29 is 72.6 Å². The lowest BCUT2D eigenvalue weighted by atomic mass is 9.97. The molecule has 16 nitrogen and oxygen atoms in total. The van der Waals surface area contributed by atoms with Gasteiger partial charge in [-0.25, -0.2) is 13.2 Å². The Bertz CT molecular complexity index is 1780. The zero-order chi connectivity index (χ0) is 36.8. The summed E-state index contributed by atoms with van der Waals surface area (Å²) in [7, 11) is -10.3. The van der Waals surface area contributed by atoms with Crippen LogP contribution in [0.4, 0.5) is 0 Å². The highest BCUT2D eigenvalue weighted by atomic mass is 32.3. The lowest BCUT2D eigenvalue weighted by molar-refractivity contribution is -0.355. The average Bonchev–Trinajstić information content (AvgIpc) is 3.08. The molecule has 0 aliphatic carbocycles. The summed E-state index contributed by atoms with van der Waals surface area (Å²) in [6.45, 7) is 2.42. The van der Waals surface area contributed by atoms with Crippen molar-refractivity contribution in [1.82, 2.24) is 0 Å². The molecule has 5 rings (SSSR count). The Kier molecular flexibility index (Phi) is 12.9. The molecular weight excluding hydrogens is 716 g/mol. The number of hydrogen-bond acceptors (Lipinski definition) is 14. The van der Waals surface area contributed by atoms with E-state index in [0.717, 1.165) is 0 Å². The van der Waals surface area contributed by atoms with E-state index in [1.807, 2.05) is 0 Å². The number of rotatable bonds is 14. The van der Waals surface area contributed by atoms with Crippen LogP contribution in [-0.2, 0) is 70.8 Å². The minimum Gasteiger partial charge on any atom is -0.453 e. The summed E-state index contributed by atoms with van der Waals surface area (Å²) in [4.78, 5) is 13.4. The first-order valence-electron chi connectivity index (χ1n) is 15.7. The van der Waals surface area contributed by atoms with E-state index in [1.54, 1.807) is 78.9 Å². The monoisotopic (exact) mass is 754 g/mol. The highest BCUT2D eigenvalue weighted by molar-refractivity contribution is 7.81. The number of carbonyl (C=O) groups excluding carboxylic acids is 1. The molecule has 2 aliphatic rings. The summed E-state index contributed by atoms with van der Waals surface area (Å²) in [6, 6.07) is 25.2. The molecule has 3 aromatic carbocycles. The molecule has 2 aliphatic heterocycles. The Morgan fingerprint density at radius 1 is 0.627 bits per heavy atom. The summed E-state index contributed by atoms with van der Waals surface area (Å²) in [6.07, 6.45) is -15.6. The highest BCUT2D eigenvalue weighted by Gasteiger charge is 2.55. The van der Waals surface area contributed by atoms with Crippen LogP contribution in [0.3, 0.4) is 0 Å². The maximum Gasteiger partial charge on any atom is 0.397 e. The standard InChI is InChI=1S/C33H38O16S2/c1-20-25(48-50(36,37)38)27(29(32(35)44-20)42-18-22-12-6-3-7-13-22)47-33-30(43-19-23-14-8-4-9-15-23)28(26(21(2)45-33)49-51(39,40)41)46-31(34)24-16-10-5-11-17-24/h3-17,20-21,25-30,32-33,35H,18-19H2,1-2H3,(H,36,37,38)(H,39,40,41)/t20-,21-,25+,26+,27+,28+,29-,30-,32+,33-/m0/s1. The topological polar surface area (TPSA) is 220 Å². The van der Waals surface area contributed by atoms with Gasteiger partial charge in [-0.2, -0.15) is 16.8 Å². The second kappa shape index (κ2) is 17.0. The van der Waals surface area contributed by atoms with E-state index in [1.165, 1.54) is 26.0 Å². The summed E-state index contributed by atoms with van der Waals surface area (Å²) < 4.78 is 113. The summed E-state index contributed by atoms with van der Waals surface area (Å²) in [5.74, 6) is -0.919. The first-order chi connectivity index (χ1) is 24.2. The average molecular weight is 755 g/mol. The normalized spacial score (nSPS) is 30.1. The Balaban J connectivity index is 1.54. The van der Waals surface area contributed by atoms with Crippen LogP contribution in [0.25, 0.3) is 0 Å². The van der Waals surface area contributed by atoms with Crippen molar-refractivity contribution >= 4 is 26.8 Å². The van der Waals surface area contributed by atoms with Crippen molar-refractivity contribution in [1.29, 1.82) is 0 Å². The van der Waals surface area contributed by atoms with Crippen LogP contribution in [0.1, 0.15) is 35.3 Å². The van der Waals surface area contributed by atoms with Gasteiger partial charge in [0.25, 0.3) is 0 Å². The SMILES string of the molecule is C[C@@H]1O[C@@H](O)[C@@H](OCc2ccccc2)[C@H](O[C@@H]2O[C@@H](C)[C@@H](OS(=O)(=O)O)[C@@H](OC(=O)c3ccccc3)[C@@H]2OCc2ccccc2)[C@@H]1OS(=O)(=O)O. The molecule has 2 saturated heterocycles. The van der Waals surface area contributed by atoms with E-state index < -0.39 is 88.2 Å². The van der Waals surface area contributed by atoms with Crippen molar-refractivity contribution in [3.05, 3.63) is 108 Å². The minimum atomic E-state index is -5.16. The molecule has 2 fully saturated rings. The quantitative estimate of drug-likeness (QED) is 0.159. The lowest BCUT2D eigenvalue weighted by Gasteiger charge is -2.48. The second-order valence-corrected chi connectivity index (χ2v) is 13.9. The van der Waals surface area contributed by atoms with E-state index in [4.69, 9.17) is 36.8 Å². The molecule has 278 valence electrons. The molecule has 3 N–H and O–H groups in total. The summed E-state index contributed by atoms with van der Waals surface area (Å²) in [5, 5.41) is 11.0. The van der Waals surface area contributed by atoms with Crippen LogP contribution in [-0.4, -0.2) is 98.4 Å². The van der Waals surface area contributed by atoms with Gasteiger partial charge in [0.05, 0.1) is 31.0 Å². The molecule has 10 atom stereocenters. The molecule has 0 unspecified atom stereocenters. The number of hydrogen-bond donors (Lipinski definition) is 3. The van der Waals surface area contributed by atoms with Crippen molar-refractivity contribution in [3.8, 4) is 0 Å². The van der Waals surface area contributed by atoms with Crippen LogP contribution >= 0.6 is 0 Å². The van der Waals surface area contributed by atoms with Crippen molar-refractivity contribution in [2.45, 2.75) is 88.5 Å². The van der Waals surface area contributed by atoms with Gasteiger partial charge in [0, 0.05) is 0 Å². The molecule has 0 radical (unpaired) electrons. The zero-order valence-electron chi connectivity index (χ0n) is 27.3. The summed E-state index contributed by atoms with van der Waals surface area (Å²) >= 11 is 0. The molecule has 0 bridgehead atoms. The van der Waals surface area contributed by atoms with Crippen LogP contribution in [0.2, 0.25) is 0 Å². The van der Waals surface area contributed by atoms with E-state index in [-0.39, 0.29) is 18.8 Å². The predicted octanol–water partition coefficient (Wildman–Crippen LogP) is 2.63. The molecule has 0 saturated carbocycles. The van der Waals surface area contributed by atoms with Crippen molar-refractivity contribution in [3.63, 3.8) is 0 Å². The number of carbonyl (C=O) groups is 1. The molecular formula is C33H38O16S2. The van der Waals surface area contributed by atoms with Gasteiger partial charge in [-0.15, -0.1) is 0 Å². The maximum absolute atomic E-state index is 13.4. The first kappa shape index (κ1) is 38.9. The van der Waals surface area contributed by atoms with Gasteiger partial charge in [0.2, 0.25) is 0 Å². The van der Waals surface area contributed by atoms with Gasteiger partial charge in [-0.3, -0.25) is 9.11 Å². The van der Waals surface area contributed by atoms with Gasteiger partial charge in [0.15, 0.2) is 18.7 Å². The number of aliphatic hydroxyl groups excluding tert-OH is 1. The van der Waals surface area contributed by atoms with Crippen LogP contribution in [0.5, 0.6) is 0 Å². The van der Waals surface area contributed by atoms with Crippen LogP contribution in [0, 0.1) is 0 Å². The van der Waals surface area contributed by atoms with Crippen LogP contribution < -0.4 is 0 Å². The summed E-state index contributed by atoms with van der Waals surface area (Å²) in [5.41, 5.74) is 1.37. The highest BCUT2D eigenvalue weighted by Crippen LogP contribution is 2.35. The van der Waals surface area contributed by atoms with Crippen molar-refractivity contribution in [2.75, 3.05) is 0 Å². The maximum atomic E-state index is 13.4. The van der Waals surface area contributed by atoms with E-state index in [9.17, 15) is 35.8 Å². The van der Waals surface area contributed by atoms with Gasteiger partial charge in [0.1, 0.15) is 30.5 Å². The van der Waals surface area contributed by atoms with E-state index in [0.29, 0.717) is 11.1 Å². The fourth-order valence-corrected chi connectivity index (χ4v) is 6.81. The van der Waals surface area contributed by atoms with Gasteiger partial charge >= 0.3 is 26.8 Å². The minimum absolute atomic E-state index is 0.0823. The lowest BCUT2D eigenvalue weighted by Crippen LogP contribution is -2.65. The fraction of sp³-hybridized carbons (Fsp3) is 0.424. The fourth-order valence-electron chi connectivity index (χ4n) is 5.72. The molecule has 0 spiro atoms. The Morgan fingerprint density at radius 3 is 1.59 bits per heavy atom. The molecule has 51 heavy (non-hydrogen) atoms. The van der Waals surface area contributed by atoms with Gasteiger partial charge < -0.3 is 33.5 Å². The third-order valence-electron chi connectivity index (χ3n) is 8.05. The first-order valence-corrected chi connectivity index (χ1v) is 18.4. The van der Waals surface area contributed by atoms with Crippen LogP contribution in [0.15, 0.2) is 91.0 Å². The Labute approximate surface area is 295 Å². The number of aliphatic hydroxyl groups is 1. The molecule has 0 aromatic heterocycles. The Morgan fingerprint density at radius 2 is 1.08 bits per heavy atom. The zero-order valence-corrected chi connectivity index (χ0v) is 28.9. The Hall–Kier alpha value is -3.37. The molecule has 0 amide bonds. The van der Waals surface area contributed by atoms with Gasteiger partial charge in [-0.05, 0) is 37.1 Å². The van der Waals surface area contributed by atoms with Gasteiger partial charge in [-0.1, -0.05) is 78.9 Å². The number of esters is 1. The van der Waals surface area contributed by atoms with E-state index in [2.05, 4.69) is 0 Å². The number of ether oxygens (including phenoxy) is 6.